The summed E-state index contributed by atoms with van der Waals surface area (Å²) in [5, 5.41) is 2.63. The average molecular weight is 232 g/mol. The summed E-state index contributed by atoms with van der Waals surface area (Å²) in [6, 6.07) is 0. The van der Waals surface area contributed by atoms with Gasteiger partial charge in [-0.25, -0.2) is 4.79 Å². The molecule has 0 atom stereocenters. The Morgan fingerprint density at radius 3 is 2.13 bits per heavy atom. The number of nitrogens with one attached hydrogen (secondary N) is 1. The van der Waals surface area contributed by atoms with E-state index in [4.69, 9.17) is 22.7 Å². The summed E-state index contributed by atoms with van der Waals surface area (Å²) >= 11 is 4.88. The third-order valence-electron chi connectivity index (χ3n) is 1.74. The molecule has 0 aliphatic rings. The summed E-state index contributed by atoms with van der Waals surface area (Å²) in [4.78, 5) is 11.7. The Morgan fingerprint density at radius 1 is 1.33 bits per heavy atom. The van der Waals surface area contributed by atoms with Crippen molar-refractivity contribution in [1.29, 1.82) is 0 Å². The first kappa shape index (κ1) is 14.2. The quantitative estimate of drug-likeness (QED) is 0.729. The zero-order chi connectivity index (χ0) is 12.3. The van der Waals surface area contributed by atoms with Crippen molar-refractivity contribution in [2.45, 2.75) is 40.2 Å². The summed E-state index contributed by atoms with van der Waals surface area (Å²) in [7, 11) is 0. The minimum Gasteiger partial charge on any atom is -0.444 e. The minimum atomic E-state index is -0.489. The third kappa shape index (κ3) is 6.28. The number of amides is 1. The van der Waals surface area contributed by atoms with Crippen LogP contribution in [0.3, 0.4) is 0 Å². The highest BCUT2D eigenvalue weighted by Crippen LogP contribution is 2.14. The Morgan fingerprint density at radius 2 is 1.80 bits per heavy atom. The van der Waals surface area contributed by atoms with Gasteiger partial charge in [-0.05, 0) is 20.8 Å². The van der Waals surface area contributed by atoms with Gasteiger partial charge in [-0.1, -0.05) is 26.1 Å². The van der Waals surface area contributed by atoms with Crippen molar-refractivity contribution < 1.29 is 9.53 Å². The lowest BCUT2D eigenvalue weighted by Crippen LogP contribution is -2.43. The highest BCUT2D eigenvalue weighted by Gasteiger charge is 2.23. The van der Waals surface area contributed by atoms with Gasteiger partial charge in [-0.3, -0.25) is 0 Å². The molecule has 0 radical (unpaired) electrons. The Balaban J connectivity index is 4.07. The molecular formula is C10H20N2O2S. The Hall–Kier alpha value is -0.840. The maximum atomic E-state index is 11.3. The van der Waals surface area contributed by atoms with E-state index in [1.807, 2.05) is 34.6 Å². The van der Waals surface area contributed by atoms with Gasteiger partial charge in [0.15, 0.2) is 0 Å². The molecule has 0 fully saturated rings. The van der Waals surface area contributed by atoms with Crippen molar-refractivity contribution in [2.75, 3.05) is 6.54 Å². The predicted molar refractivity (Wildman–Crippen MR) is 64.8 cm³/mol. The van der Waals surface area contributed by atoms with Crippen LogP contribution in [-0.4, -0.2) is 23.2 Å². The largest absolute Gasteiger partial charge is 0.444 e. The molecule has 0 aliphatic carbocycles. The first-order chi connectivity index (χ1) is 6.54. The fourth-order valence-electron chi connectivity index (χ4n) is 0.694. The first-order valence-electron chi connectivity index (χ1n) is 4.81. The molecule has 0 heterocycles. The Labute approximate surface area is 96.5 Å². The van der Waals surface area contributed by atoms with Gasteiger partial charge < -0.3 is 15.8 Å². The topological polar surface area (TPSA) is 64.3 Å². The van der Waals surface area contributed by atoms with E-state index in [0.29, 0.717) is 11.5 Å². The average Bonchev–Trinajstić information content (AvgIpc) is 1.97. The normalized spacial score (nSPS) is 12.1. The van der Waals surface area contributed by atoms with Crippen LogP contribution in [0.1, 0.15) is 34.6 Å². The van der Waals surface area contributed by atoms with E-state index in [-0.39, 0.29) is 0 Å². The number of hydrogen-bond donors (Lipinski definition) is 2. The van der Waals surface area contributed by atoms with E-state index in [0.717, 1.165) is 0 Å². The van der Waals surface area contributed by atoms with Crippen LogP contribution in [0.25, 0.3) is 0 Å². The molecule has 5 heteroatoms. The number of ether oxygens (including phenoxy) is 1. The number of alkyl carbamates (subject to hydrolysis) is 1. The molecule has 0 spiro atoms. The second-order valence-electron chi connectivity index (χ2n) is 5.10. The van der Waals surface area contributed by atoms with E-state index in [1.165, 1.54) is 0 Å². The van der Waals surface area contributed by atoms with Gasteiger partial charge in [0, 0.05) is 12.0 Å². The van der Waals surface area contributed by atoms with Gasteiger partial charge in [-0.2, -0.15) is 0 Å². The predicted octanol–water partition coefficient (Wildman–Crippen LogP) is 1.82. The highest BCUT2D eigenvalue weighted by molar-refractivity contribution is 7.80. The molecule has 0 aromatic carbocycles. The van der Waals surface area contributed by atoms with Gasteiger partial charge in [0.25, 0.3) is 0 Å². The maximum absolute atomic E-state index is 11.3. The van der Waals surface area contributed by atoms with Crippen molar-refractivity contribution in [3.05, 3.63) is 0 Å². The fourth-order valence-corrected chi connectivity index (χ4v) is 0.767. The van der Waals surface area contributed by atoms with Gasteiger partial charge >= 0.3 is 6.09 Å². The number of nitrogens with two attached hydrogens (primary N) is 1. The molecule has 1 amide bonds. The molecule has 0 rings (SSSR count). The zero-order valence-corrected chi connectivity index (χ0v) is 10.8. The van der Waals surface area contributed by atoms with E-state index in [2.05, 4.69) is 5.32 Å². The minimum absolute atomic E-state index is 0.372. The second-order valence-corrected chi connectivity index (χ2v) is 5.54. The fraction of sp³-hybridized carbons (Fsp3) is 0.800. The SMILES string of the molecule is CC(C)(C)OC(=O)NCC(C)(C)C(N)=S. The first-order valence-corrected chi connectivity index (χ1v) is 5.22. The van der Waals surface area contributed by atoms with Crippen LogP contribution in [0, 0.1) is 5.41 Å². The van der Waals surface area contributed by atoms with Crippen LogP contribution in [0.4, 0.5) is 4.79 Å². The number of thiocarbonyl (C=S) groups is 1. The van der Waals surface area contributed by atoms with Crippen LogP contribution < -0.4 is 11.1 Å². The smallest absolute Gasteiger partial charge is 0.407 e. The second kappa shape index (κ2) is 4.79. The monoisotopic (exact) mass is 232 g/mol. The molecule has 0 aliphatic heterocycles. The van der Waals surface area contributed by atoms with Crippen molar-refractivity contribution in [1.82, 2.24) is 5.32 Å². The van der Waals surface area contributed by atoms with Crippen LogP contribution in [0.2, 0.25) is 0 Å². The maximum Gasteiger partial charge on any atom is 0.407 e. The van der Waals surface area contributed by atoms with Crippen LogP contribution >= 0.6 is 12.2 Å². The number of hydrogen-bond acceptors (Lipinski definition) is 3. The number of carbonyl (C=O) groups is 1. The molecule has 4 nitrogen and oxygen atoms in total. The zero-order valence-electron chi connectivity index (χ0n) is 10.0. The lowest BCUT2D eigenvalue weighted by Gasteiger charge is -2.25. The highest BCUT2D eigenvalue weighted by atomic mass is 32.1. The van der Waals surface area contributed by atoms with Gasteiger partial charge in [0.2, 0.25) is 0 Å². The van der Waals surface area contributed by atoms with Crippen molar-refractivity contribution in [2.24, 2.45) is 11.1 Å². The standard InChI is InChI=1S/C10H20N2O2S/c1-9(2,3)14-8(13)12-6-10(4,5)7(11)15/h6H2,1-5H3,(H2,11,15)(H,12,13). The molecule has 15 heavy (non-hydrogen) atoms. The molecular weight excluding hydrogens is 212 g/mol. The van der Waals surface area contributed by atoms with Gasteiger partial charge in [-0.15, -0.1) is 0 Å². The molecule has 0 aromatic heterocycles. The number of carbonyl (C=O) groups excluding carboxylic acids is 1. The van der Waals surface area contributed by atoms with E-state index >= 15 is 0 Å². The summed E-state index contributed by atoms with van der Waals surface area (Å²) in [5.74, 6) is 0. The van der Waals surface area contributed by atoms with Crippen LogP contribution in [0.5, 0.6) is 0 Å². The summed E-state index contributed by atoms with van der Waals surface area (Å²) in [6.07, 6.45) is -0.452. The van der Waals surface area contributed by atoms with E-state index < -0.39 is 17.1 Å². The molecule has 88 valence electrons. The summed E-state index contributed by atoms with van der Waals surface area (Å²) in [5.41, 5.74) is 4.64. The molecule has 0 saturated heterocycles. The van der Waals surface area contributed by atoms with Crippen molar-refractivity contribution in [3.8, 4) is 0 Å². The molecule has 0 bridgehead atoms. The molecule has 0 saturated carbocycles. The lowest BCUT2D eigenvalue weighted by molar-refractivity contribution is 0.0516. The number of rotatable bonds is 3. The van der Waals surface area contributed by atoms with Crippen LogP contribution in [-0.2, 0) is 4.74 Å². The summed E-state index contributed by atoms with van der Waals surface area (Å²) < 4.78 is 5.08. The van der Waals surface area contributed by atoms with E-state index in [1.54, 1.807) is 0 Å². The molecule has 0 unspecified atom stereocenters. The molecule has 3 N–H and O–H groups in total. The lowest BCUT2D eigenvalue weighted by atomic mass is 9.94. The van der Waals surface area contributed by atoms with Crippen molar-refractivity contribution in [3.63, 3.8) is 0 Å². The third-order valence-corrected chi connectivity index (χ3v) is 2.29. The van der Waals surface area contributed by atoms with Crippen LogP contribution in [0.15, 0.2) is 0 Å². The Bertz CT molecular complexity index is 257. The van der Waals surface area contributed by atoms with E-state index in [9.17, 15) is 4.79 Å². The molecule has 0 aromatic rings. The van der Waals surface area contributed by atoms with Crippen molar-refractivity contribution >= 4 is 23.3 Å². The summed E-state index contributed by atoms with van der Waals surface area (Å²) in [6.45, 7) is 9.54. The van der Waals surface area contributed by atoms with Gasteiger partial charge in [0.05, 0.1) is 4.99 Å². The van der Waals surface area contributed by atoms with Gasteiger partial charge in [0.1, 0.15) is 5.60 Å². The Kier molecular flexibility index (Phi) is 4.52.